The van der Waals surface area contributed by atoms with Gasteiger partial charge in [-0.05, 0) is 18.6 Å². The number of aliphatic hydroxyl groups is 1. The average Bonchev–Trinajstić information content (AvgIpc) is 2.13. The van der Waals surface area contributed by atoms with Gasteiger partial charge in [-0.1, -0.05) is 17.5 Å². The predicted octanol–water partition coefficient (Wildman–Crippen LogP) is 2.91. The Morgan fingerprint density at radius 1 is 1.53 bits per heavy atom. The fraction of sp³-hybridized carbons (Fsp3) is 0.333. The molecule has 1 N–H and O–H groups in total. The van der Waals surface area contributed by atoms with Crippen molar-refractivity contribution >= 4 is 11.6 Å². The Hall–Kier alpha value is -0.990. The number of aliphatic hydroxyl groups excluding tert-OH is 1. The van der Waals surface area contributed by atoms with Crippen LogP contribution in [0.2, 0.25) is 0 Å². The molecule has 0 rings (SSSR count). The van der Waals surface area contributed by atoms with Crippen molar-refractivity contribution in [1.29, 1.82) is 0 Å². The Morgan fingerprint density at radius 2 is 2.00 bits per heavy atom. The Morgan fingerprint density at radius 3 is 2.33 bits per heavy atom. The van der Waals surface area contributed by atoms with E-state index in [1.807, 2.05) is 0 Å². The molecule has 0 saturated heterocycles. The van der Waals surface area contributed by atoms with Gasteiger partial charge < -0.3 is 5.11 Å². The number of halogens is 5. The first kappa shape index (κ1) is 14.0. The van der Waals surface area contributed by atoms with E-state index < -0.39 is 28.7 Å². The summed E-state index contributed by atoms with van der Waals surface area (Å²) in [7, 11) is 0. The van der Waals surface area contributed by atoms with Gasteiger partial charge in [0.25, 0.3) is 0 Å². The van der Waals surface area contributed by atoms with Gasteiger partial charge in [0.1, 0.15) is 10.9 Å². The van der Waals surface area contributed by atoms with Crippen LogP contribution in [0.15, 0.2) is 22.5 Å². The lowest BCUT2D eigenvalue weighted by molar-refractivity contribution is -0.191. The van der Waals surface area contributed by atoms with E-state index in [1.165, 1.54) is 0 Å². The van der Waals surface area contributed by atoms with Crippen LogP contribution in [-0.2, 0) is 0 Å². The maximum atomic E-state index is 12.8. The second-order valence-corrected chi connectivity index (χ2v) is 3.02. The van der Waals surface area contributed by atoms with E-state index in [0.29, 0.717) is 6.08 Å². The first-order valence-corrected chi connectivity index (χ1v) is 4.02. The molecule has 0 saturated carbocycles. The monoisotopic (exact) mass is 242 g/mol. The lowest BCUT2D eigenvalue weighted by Crippen LogP contribution is -2.29. The first-order valence-electron chi connectivity index (χ1n) is 3.65. The van der Waals surface area contributed by atoms with Crippen LogP contribution in [-0.4, -0.2) is 17.4 Å². The highest BCUT2D eigenvalue weighted by Gasteiger charge is 2.39. The summed E-state index contributed by atoms with van der Waals surface area (Å²) in [5, 5.41) is 8.03. The van der Waals surface area contributed by atoms with Crippen LogP contribution in [0.4, 0.5) is 17.6 Å². The van der Waals surface area contributed by atoms with Crippen molar-refractivity contribution in [2.24, 2.45) is 0 Å². The molecule has 0 fully saturated rings. The summed E-state index contributed by atoms with van der Waals surface area (Å²) in [6.07, 6.45) is -2.41. The van der Waals surface area contributed by atoms with Crippen molar-refractivity contribution in [2.45, 2.75) is 19.2 Å². The van der Waals surface area contributed by atoms with E-state index in [4.69, 9.17) is 23.1 Å². The number of rotatable bonds is 2. The van der Waals surface area contributed by atoms with Gasteiger partial charge >= 0.3 is 6.18 Å². The number of alkyl halides is 3. The molecule has 0 spiro atoms. The summed E-state index contributed by atoms with van der Waals surface area (Å²) < 4.78 is 48.6. The van der Waals surface area contributed by atoms with Crippen LogP contribution >= 0.6 is 11.6 Å². The minimum atomic E-state index is -4.84. The standard InChI is InChI=1S/C9H7ClF4O/c1-3-6(10)7(11)4-5(2)8(15)9(12,13)14/h1,4,8,15H,2H3/b5-4+,7-6-. The van der Waals surface area contributed by atoms with Gasteiger partial charge in [-0.15, -0.1) is 6.42 Å². The van der Waals surface area contributed by atoms with Gasteiger partial charge in [0, 0.05) is 0 Å². The minimum absolute atomic E-state index is 0.445. The van der Waals surface area contributed by atoms with Gasteiger partial charge in [0.15, 0.2) is 6.10 Å². The maximum absolute atomic E-state index is 12.8. The smallest absolute Gasteiger partial charge is 0.379 e. The molecule has 1 unspecified atom stereocenters. The van der Waals surface area contributed by atoms with Crippen LogP contribution in [0.25, 0.3) is 0 Å². The number of terminal acetylenes is 1. The second-order valence-electron chi connectivity index (χ2n) is 2.64. The molecule has 0 aliphatic heterocycles. The molecule has 0 aromatic carbocycles. The van der Waals surface area contributed by atoms with Crippen LogP contribution in [0.3, 0.4) is 0 Å². The quantitative estimate of drug-likeness (QED) is 0.448. The molecular formula is C9H7ClF4O. The second kappa shape index (κ2) is 5.19. The van der Waals surface area contributed by atoms with Gasteiger partial charge in [-0.25, -0.2) is 4.39 Å². The van der Waals surface area contributed by atoms with Gasteiger partial charge in [0.2, 0.25) is 0 Å². The zero-order chi connectivity index (χ0) is 12.2. The van der Waals surface area contributed by atoms with E-state index in [1.54, 1.807) is 5.92 Å². The predicted molar refractivity (Wildman–Crippen MR) is 48.6 cm³/mol. The van der Waals surface area contributed by atoms with E-state index in [0.717, 1.165) is 6.92 Å². The van der Waals surface area contributed by atoms with Crippen molar-refractivity contribution in [3.05, 3.63) is 22.5 Å². The highest BCUT2D eigenvalue weighted by molar-refractivity contribution is 6.32. The normalized spacial score (nSPS) is 16.8. The van der Waals surface area contributed by atoms with E-state index in [9.17, 15) is 17.6 Å². The average molecular weight is 243 g/mol. The third-order valence-corrected chi connectivity index (χ3v) is 1.72. The molecule has 0 aliphatic rings. The van der Waals surface area contributed by atoms with Gasteiger partial charge in [-0.3, -0.25) is 0 Å². The Balaban J connectivity index is 4.97. The summed E-state index contributed by atoms with van der Waals surface area (Å²) >= 11 is 5.14. The van der Waals surface area contributed by atoms with Crippen LogP contribution in [0, 0.1) is 12.3 Å². The molecular weight excluding hydrogens is 236 g/mol. The first-order chi connectivity index (χ1) is 6.70. The summed E-state index contributed by atoms with van der Waals surface area (Å²) in [4.78, 5) is 0. The molecule has 0 aromatic rings. The number of allylic oxidation sites excluding steroid dienone is 3. The van der Waals surface area contributed by atoms with Gasteiger partial charge in [0.05, 0.1) is 0 Å². The highest BCUT2D eigenvalue weighted by atomic mass is 35.5. The fourth-order valence-electron chi connectivity index (χ4n) is 0.669. The van der Waals surface area contributed by atoms with Crippen molar-refractivity contribution in [2.75, 3.05) is 0 Å². The molecule has 0 heterocycles. The molecule has 1 atom stereocenters. The molecule has 0 aliphatic carbocycles. The van der Waals surface area contributed by atoms with Crippen molar-refractivity contribution in [3.63, 3.8) is 0 Å². The minimum Gasteiger partial charge on any atom is -0.379 e. The summed E-state index contributed by atoms with van der Waals surface area (Å²) in [5.74, 6) is 0.516. The largest absolute Gasteiger partial charge is 0.418 e. The fourth-order valence-corrected chi connectivity index (χ4v) is 0.724. The highest BCUT2D eigenvalue weighted by Crippen LogP contribution is 2.26. The molecule has 0 amide bonds. The lowest BCUT2D eigenvalue weighted by atomic mass is 10.1. The van der Waals surface area contributed by atoms with Crippen LogP contribution in [0.5, 0.6) is 0 Å². The topological polar surface area (TPSA) is 20.2 Å². The zero-order valence-electron chi connectivity index (χ0n) is 7.57. The lowest BCUT2D eigenvalue weighted by Gasteiger charge is -2.14. The molecule has 6 heteroatoms. The number of hydrogen-bond donors (Lipinski definition) is 1. The van der Waals surface area contributed by atoms with Crippen molar-refractivity contribution < 1.29 is 22.7 Å². The molecule has 0 radical (unpaired) electrons. The third-order valence-electron chi connectivity index (χ3n) is 1.43. The van der Waals surface area contributed by atoms with Crippen LogP contribution < -0.4 is 0 Å². The van der Waals surface area contributed by atoms with E-state index >= 15 is 0 Å². The molecule has 15 heavy (non-hydrogen) atoms. The molecule has 1 nitrogen and oxygen atoms in total. The number of hydrogen-bond acceptors (Lipinski definition) is 1. The van der Waals surface area contributed by atoms with Crippen molar-refractivity contribution in [3.8, 4) is 12.3 Å². The van der Waals surface area contributed by atoms with E-state index in [-0.39, 0.29) is 0 Å². The molecule has 0 bridgehead atoms. The maximum Gasteiger partial charge on any atom is 0.418 e. The Bertz CT molecular complexity index is 335. The van der Waals surface area contributed by atoms with Gasteiger partial charge in [-0.2, -0.15) is 13.2 Å². The summed E-state index contributed by atoms with van der Waals surface area (Å²) in [6.45, 7) is 0.915. The van der Waals surface area contributed by atoms with E-state index in [2.05, 4.69) is 0 Å². The third kappa shape index (κ3) is 4.36. The Labute approximate surface area is 89.0 Å². The molecule has 0 aromatic heterocycles. The van der Waals surface area contributed by atoms with Crippen LogP contribution in [0.1, 0.15) is 6.92 Å². The SMILES string of the molecule is C#C/C(Cl)=C(F)\C=C(/C)C(O)C(F)(F)F. The van der Waals surface area contributed by atoms with Crippen molar-refractivity contribution in [1.82, 2.24) is 0 Å². The molecule has 84 valence electrons. The zero-order valence-corrected chi connectivity index (χ0v) is 8.33. The summed E-state index contributed by atoms with van der Waals surface area (Å²) in [5.41, 5.74) is -0.631. The Kier molecular flexibility index (Phi) is 4.85. The summed E-state index contributed by atoms with van der Waals surface area (Å²) in [6, 6.07) is 0.